The fourth-order valence-electron chi connectivity index (χ4n) is 2.02. The van der Waals surface area contributed by atoms with Crippen molar-refractivity contribution in [2.45, 2.75) is 32.7 Å². The Balaban J connectivity index is 1.93. The average molecular weight is 284 g/mol. The zero-order chi connectivity index (χ0) is 14.0. The molecule has 104 valence electrons. The number of hydrogen-bond acceptors (Lipinski definition) is 3. The van der Waals surface area contributed by atoms with Crippen LogP contribution in [0.1, 0.15) is 29.8 Å². The van der Waals surface area contributed by atoms with E-state index in [0.717, 1.165) is 5.56 Å². The summed E-state index contributed by atoms with van der Waals surface area (Å²) in [6, 6.07) is 5.29. The number of benzene rings is 1. The molecule has 5 heteroatoms. The second kappa shape index (κ2) is 5.49. The molecular weight excluding hydrogens is 266 g/mol. The number of halogens is 1. The van der Waals surface area contributed by atoms with Crippen molar-refractivity contribution in [3.05, 3.63) is 34.3 Å². The Bertz CT molecular complexity index is 488. The Kier molecular flexibility index (Phi) is 4.13. The number of ether oxygens (including phenoxy) is 2. The highest BCUT2D eigenvalue weighted by Crippen LogP contribution is 2.22. The third-order valence-corrected chi connectivity index (χ3v) is 3.48. The van der Waals surface area contributed by atoms with Crippen molar-refractivity contribution >= 4 is 17.5 Å². The van der Waals surface area contributed by atoms with Gasteiger partial charge in [0.05, 0.1) is 6.61 Å². The zero-order valence-corrected chi connectivity index (χ0v) is 12.1. The van der Waals surface area contributed by atoms with Crippen LogP contribution in [0.5, 0.6) is 0 Å². The molecule has 1 aromatic rings. The number of carbonyl (C=O) groups excluding carboxylic acids is 1. The summed E-state index contributed by atoms with van der Waals surface area (Å²) in [6.45, 7) is 6.46. The van der Waals surface area contributed by atoms with Crippen molar-refractivity contribution in [3.8, 4) is 0 Å². The van der Waals surface area contributed by atoms with Crippen molar-refractivity contribution in [3.63, 3.8) is 0 Å². The van der Waals surface area contributed by atoms with Gasteiger partial charge in [0.2, 0.25) is 0 Å². The fourth-order valence-corrected chi connectivity index (χ4v) is 2.19. The summed E-state index contributed by atoms with van der Waals surface area (Å²) in [5.41, 5.74) is 1.37. The van der Waals surface area contributed by atoms with Gasteiger partial charge in [-0.05, 0) is 38.5 Å². The van der Waals surface area contributed by atoms with Gasteiger partial charge >= 0.3 is 0 Å². The molecule has 0 radical (unpaired) electrons. The first-order valence-electron chi connectivity index (χ1n) is 6.24. The van der Waals surface area contributed by atoms with E-state index in [2.05, 4.69) is 5.32 Å². The van der Waals surface area contributed by atoms with Gasteiger partial charge in [0.25, 0.3) is 5.91 Å². The molecule has 0 spiro atoms. The summed E-state index contributed by atoms with van der Waals surface area (Å²) in [5.74, 6) is -0.713. The molecule has 1 unspecified atom stereocenters. The topological polar surface area (TPSA) is 47.6 Å². The molecule has 0 saturated carbocycles. The first-order valence-corrected chi connectivity index (χ1v) is 6.62. The first-order chi connectivity index (χ1) is 8.89. The normalized spacial score (nSPS) is 21.4. The number of hydrogen-bond donors (Lipinski definition) is 1. The van der Waals surface area contributed by atoms with Gasteiger partial charge in [0.15, 0.2) is 5.79 Å². The summed E-state index contributed by atoms with van der Waals surface area (Å²) in [5, 5.41) is 3.44. The second-order valence-corrected chi connectivity index (χ2v) is 5.48. The maximum atomic E-state index is 12.1. The number of carbonyl (C=O) groups is 1. The molecule has 1 heterocycles. The molecule has 19 heavy (non-hydrogen) atoms. The Morgan fingerprint density at radius 2 is 2.26 bits per heavy atom. The van der Waals surface area contributed by atoms with Crippen molar-refractivity contribution < 1.29 is 14.3 Å². The van der Waals surface area contributed by atoms with Crippen LogP contribution in [-0.4, -0.2) is 30.9 Å². The van der Waals surface area contributed by atoms with Crippen molar-refractivity contribution in [1.82, 2.24) is 5.32 Å². The third-order valence-electron chi connectivity index (χ3n) is 3.07. The van der Waals surface area contributed by atoms with Crippen molar-refractivity contribution in [2.75, 3.05) is 13.2 Å². The van der Waals surface area contributed by atoms with E-state index in [-0.39, 0.29) is 12.0 Å². The lowest BCUT2D eigenvalue weighted by atomic mass is 10.1. The highest BCUT2D eigenvalue weighted by atomic mass is 35.5. The maximum Gasteiger partial charge on any atom is 0.251 e. The van der Waals surface area contributed by atoms with E-state index >= 15 is 0 Å². The number of rotatable bonds is 3. The molecule has 1 saturated heterocycles. The fraction of sp³-hybridized carbons (Fsp3) is 0.500. The lowest BCUT2D eigenvalue weighted by Crippen LogP contribution is -2.34. The highest BCUT2D eigenvalue weighted by molar-refractivity contribution is 6.31. The molecule has 0 aliphatic carbocycles. The molecule has 1 fully saturated rings. The van der Waals surface area contributed by atoms with Gasteiger partial charge in [-0.15, -0.1) is 0 Å². The summed E-state index contributed by atoms with van der Waals surface area (Å²) < 4.78 is 11.1. The standard InChI is InChI=1S/C14H18ClNO3/c1-9-11(5-4-6-12(9)15)13(17)16-7-10-8-18-14(2,3)19-10/h4-6,10H,7-8H2,1-3H3,(H,16,17). The maximum absolute atomic E-state index is 12.1. The van der Waals surface area contributed by atoms with E-state index in [1.54, 1.807) is 18.2 Å². The van der Waals surface area contributed by atoms with Crippen LogP contribution in [0.2, 0.25) is 5.02 Å². The van der Waals surface area contributed by atoms with E-state index in [9.17, 15) is 4.79 Å². The molecule has 1 aromatic carbocycles. The Morgan fingerprint density at radius 1 is 1.53 bits per heavy atom. The van der Waals surface area contributed by atoms with Gasteiger partial charge < -0.3 is 14.8 Å². The van der Waals surface area contributed by atoms with Crippen LogP contribution in [0.15, 0.2) is 18.2 Å². The molecule has 1 amide bonds. The Hall–Kier alpha value is -1.10. The average Bonchev–Trinajstić information content (AvgIpc) is 2.69. The minimum atomic E-state index is -0.568. The van der Waals surface area contributed by atoms with Gasteiger partial charge in [0.1, 0.15) is 6.10 Å². The Morgan fingerprint density at radius 3 is 2.89 bits per heavy atom. The molecule has 1 atom stereocenters. The molecule has 0 bridgehead atoms. The molecular formula is C14H18ClNO3. The quantitative estimate of drug-likeness (QED) is 0.927. The van der Waals surface area contributed by atoms with Crippen LogP contribution in [0.4, 0.5) is 0 Å². The number of amides is 1. The van der Waals surface area contributed by atoms with Crippen LogP contribution >= 0.6 is 11.6 Å². The predicted octanol–water partition coefficient (Wildman–Crippen LogP) is 2.53. The van der Waals surface area contributed by atoms with Gasteiger partial charge in [-0.1, -0.05) is 17.7 Å². The molecule has 4 nitrogen and oxygen atoms in total. The van der Waals surface area contributed by atoms with Crippen molar-refractivity contribution in [1.29, 1.82) is 0 Å². The highest BCUT2D eigenvalue weighted by Gasteiger charge is 2.32. The van der Waals surface area contributed by atoms with Gasteiger partial charge in [-0.3, -0.25) is 4.79 Å². The molecule has 1 aliphatic rings. The van der Waals surface area contributed by atoms with E-state index in [0.29, 0.717) is 23.7 Å². The number of nitrogens with one attached hydrogen (secondary N) is 1. The van der Waals surface area contributed by atoms with Crippen LogP contribution < -0.4 is 5.32 Å². The van der Waals surface area contributed by atoms with E-state index in [4.69, 9.17) is 21.1 Å². The molecule has 1 N–H and O–H groups in total. The Labute approximate surface area is 118 Å². The lowest BCUT2D eigenvalue weighted by molar-refractivity contribution is -0.137. The van der Waals surface area contributed by atoms with Gasteiger partial charge in [-0.25, -0.2) is 0 Å². The van der Waals surface area contributed by atoms with Crippen LogP contribution in [-0.2, 0) is 9.47 Å². The SMILES string of the molecule is Cc1c(Cl)cccc1C(=O)NCC1COC(C)(C)O1. The summed E-state index contributed by atoms with van der Waals surface area (Å²) >= 11 is 6.00. The third kappa shape index (κ3) is 3.47. The lowest BCUT2D eigenvalue weighted by Gasteiger charge is -2.17. The van der Waals surface area contributed by atoms with Crippen LogP contribution in [0.3, 0.4) is 0 Å². The molecule has 0 aromatic heterocycles. The predicted molar refractivity (Wildman–Crippen MR) is 73.4 cm³/mol. The molecule has 1 aliphatic heterocycles. The summed E-state index contributed by atoms with van der Waals surface area (Å²) in [7, 11) is 0. The van der Waals surface area contributed by atoms with Crippen LogP contribution in [0.25, 0.3) is 0 Å². The van der Waals surface area contributed by atoms with E-state index in [1.807, 2.05) is 20.8 Å². The van der Waals surface area contributed by atoms with E-state index in [1.165, 1.54) is 0 Å². The second-order valence-electron chi connectivity index (χ2n) is 5.07. The monoisotopic (exact) mass is 283 g/mol. The van der Waals surface area contributed by atoms with Crippen molar-refractivity contribution in [2.24, 2.45) is 0 Å². The van der Waals surface area contributed by atoms with Crippen LogP contribution in [0, 0.1) is 6.92 Å². The zero-order valence-electron chi connectivity index (χ0n) is 11.3. The van der Waals surface area contributed by atoms with Gasteiger partial charge in [-0.2, -0.15) is 0 Å². The minimum Gasteiger partial charge on any atom is -0.349 e. The minimum absolute atomic E-state index is 0.113. The molecule has 2 rings (SSSR count). The largest absolute Gasteiger partial charge is 0.349 e. The summed E-state index contributed by atoms with van der Waals surface area (Å²) in [4.78, 5) is 12.1. The van der Waals surface area contributed by atoms with Gasteiger partial charge in [0, 0.05) is 17.1 Å². The first kappa shape index (κ1) is 14.3. The smallest absolute Gasteiger partial charge is 0.251 e. The van der Waals surface area contributed by atoms with E-state index < -0.39 is 5.79 Å². The summed E-state index contributed by atoms with van der Waals surface area (Å²) in [6.07, 6.45) is -0.113.